The molecule has 6 rings (SSSR count). The largest absolute Gasteiger partial charge is 0.507 e. The van der Waals surface area contributed by atoms with Gasteiger partial charge in [0.2, 0.25) is 0 Å². The Balaban J connectivity index is 1.62. The number of phenolic OH excluding ortho intramolecular Hbond substituents is 1. The van der Waals surface area contributed by atoms with Crippen LogP contribution in [0.4, 0.5) is 0 Å². The Hall–Kier alpha value is -4.44. The van der Waals surface area contributed by atoms with Gasteiger partial charge in [-0.25, -0.2) is 4.98 Å². The van der Waals surface area contributed by atoms with Crippen molar-refractivity contribution in [1.29, 1.82) is 0 Å². The van der Waals surface area contributed by atoms with E-state index in [9.17, 15) is 5.11 Å². The van der Waals surface area contributed by atoms with Crippen molar-refractivity contribution in [2.45, 2.75) is 0 Å². The number of hydrogen-bond donors (Lipinski definition) is 1. The molecule has 158 valence electrons. The Morgan fingerprint density at radius 1 is 0.727 bits per heavy atom. The highest BCUT2D eigenvalue weighted by atomic mass is 16.3. The van der Waals surface area contributed by atoms with Crippen molar-refractivity contribution in [3.63, 3.8) is 0 Å². The van der Waals surface area contributed by atoms with E-state index in [0.717, 1.165) is 50.2 Å². The molecule has 0 unspecified atom stereocenters. The number of phenols is 1. The molecular weight excluding hydrogens is 406 g/mol. The molecule has 0 aliphatic carbocycles. The summed E-state index contributed by atoms with van der Waals surface area (Å²) in [4.78, 5) is 9.61. The summed E-state index contributed by atoms with van der Waals surface area (Å²) in [6.45, 7) is 0. The first kappa shape index (κ1) is 19.3. The fourth-order valence-corrected chi connectivity index (χ4v) is 4.55. The Kier molecular flexibility index (Phi) is 4.44. The average Bonchev–Trinajstić information content (AvgIpc) is 3.20. The topological polar surface area (TPSA) is 50.9 Å². The maximum Gasteiger partial charge on any atom is 0.144 e. The van der Waals surface area contributed by atoms with E-state index in [1.54, 1.807) is 6.07 Å². The number of pyridine rings is 1. The fourth-order valence-electron chi connectivity index (χ4n) is 4.55. The van der Waals surface area contributed by atoms with Gasteiger partial charge in [0.15, 0.2) is 0 Å². The molecule has 4 nitrogen and oxygen atoms in total. The van der Waals surface area contributed by atoms with E-state index >= 15 is 0 Å². The van der Waals surface area contributed by atoms with Crippen LogP contribution in [0.15, 0.2) is 103 Å². The summed E-state index contributed by atoms with van der Waals surface area (Å²) in [5, 5.41) is 12.7. The van der Waals surface area contributed by atoms with Gasteiger partial charge in [-0.3, -0.25) is 4.98 Å². The van der Waals surface area contributed by atoms with Crippen LogP contribution in [0.1, 0.15) is 0 Å². The van der Waals surface area contributed by atoms with Crippen molar-refractivity contribution < 1.29 is 5.11 Å². The minimum atomic E-state index is 0.223. The van der Waals surface area contributed by atoms with Crippen LogP contribution < -0.4 is 0 Å². The second kappa shape index (κ2) is 7.61. The minimum absolute atomic E-state index is 0.223. The molecule has 0 aliphatic heterocycles. The smallest absolute Gasteiger partial charge is 0.144 e. The zero-order valence-electron chi connectivity index (χ0n) is 18.1. The lowest BCUT2D eigenvalue weighted by Gasteiger charge is -2.11. The van der Waals surface area contributed by atoms with Gasteiger partial charge in [-0.15, -0.1) is 0 Å². The first-order valence-electron chi connectivity index (χ1n) is 10.9. The zero-order chi connectivity index (χ0) is 22.4. The van der Waals surface area contributed by atoms with E-state index in [2.05, 4.69) is 59.6 Å². The number of benzene rings is 4. The van der Waals surface area contributed by atoms with Gasteiger partial charge >= 0.3 is 0 Å². The number of aromatic nitrogens is 3. The summed E-state index contributed by atoms with van der Waals surface area (Å²) in [6, 6.07) is 32.4. The van der Waals surface area contributed by atoms with Crippen LogP contribution in [-0.4, -0.2) is 19.6 Å². The monoisotopic (exact) mass is 427 g/mol. The van der Waals surface area contributed by atoms with Crippen LogP contribution in [-0.2, 0) is 7.05 Å². The third kappa shape index (κ3) is 3.15. The lowest BCUT2D eigenvalue weighted by atomic mass is 9.94. The molecule has 0 amide bonds. The molecule has 0 atom stereocenters. The molecule has 4 heteroatoms. The molecular formula is C29H21N3O. The van der Waals surface area contributed by atoms with Crippen molar-refractivity contribution >= 4 is 21.8 Å². The first-order chi connectivity index (χ1) is 16.2. The highest BCUT2D eigenvalue weighted by Crippen LogP contribution is 2.38. The van der Waals surface area contributed by atoms with E-state index < -0.39 is 0 Å². The Morgan fingerprint density at radius 2 is 1.52 bits per heavy atom. The van der Waals surface area contributed by atoms with E-state index in [0.29, 0.717) is 0 Å². The normalized spacial score (nSPS) is 11.3. The van der Waals surface area contributed by atoms with E-state index in [-0.39, 0.29) is 5.75 Å². The number of imidazole rings is 1. The highest BCUT2D eigenvalue weighted by molar-refractivity contribution is 6.02. The average molecular weight is 428 g/mol. The van der Waals surface area contributed by atoms with Crippen LogP contribution in [0.2, 0.25) is 0 Å². The molecule has 1 N–H and O–H groups in total. The molecule has 0 saturated heterocycles. The molecule has 33 heavy (non-hydrogen) atoms. The maximum atomic E-state index is 10.4. The van der Waals surface area contributed by atoms with Crippen molar-refractivity contribution in [3.8, 4) is 39.5 Å². The molecule has 2 aromatic heterocycles. The Bertz CT molecular complexity index is 1630. The molecule has 0 aliphatic rings. The van der Waals surface area contributed by atoms with Crippen molar-refractivity contribution in [1.82, 2.24) is 14.5 Å². The van der Waals surface area contributed by atoms with Crippen LogP contribution in [0.5, 0.6) is 5.75 Å². The summed E-state index contributed by atoms with van der Waals surface area (Å²) < 4.78 is 2.04. The summed E-state index contributed by atoms with van der Waals surface area (Å²) in [5.41, 5.74) is 6.81. The third-order valence-electron chi connectivity index (χ3n) is 6.17. The fraction of sp³-hybridized carbons (Fsp3) is 0.0345. The quantitative estimate of drug-likeness (QED) is 0.337. The van der Waals surface area contributed by atoms with Crippen molar-refractivity contribution in [2.75, 3.05) is 0 Å². The van der Waals surface area contributed by atoms with Gasteiger partial charge in [0, 0.05) is 24.4 Å². The molecule has 0 spiro atoms. The van der Waals surface area contributed by atoms with Crippen LogP contribution >= 0.6 is 0 Å². The van der Waals surface area contributed by atoms with Crippen LogP contribution in [0, 0.1) is 0 Å². The van der Waals surface area contributed by atoms with E-state index in [4.69, 9.17) is 4.98 Å². The SMILES string of the molecule is Cn1c(-c2ccccc2O)nc2c(-c3cc(-c4ccccn4)c4ccccc4c3)cccc21. The molecule has 0 radical (unpaired) electrons. The summed E-state index contributed by atoms with van der Waals surface area (Å²) >= 11 is 0. The zero-order valence-corrected chi connectivity index (χ0v) is 18.1. The molecule has 4 aromatic carbocycles. The Labute approximate surface area is 191 Å². The number of aryl methyl sites for hydroxylation is 1. The van der Waals surface area contributed by atoms with Crippen LogP contribution in [0.3, 0.4) is 0 Å². The predicted octanol–water partition coefficient (Wildman–Crippen LogP) is 6.83. The summed E-state index contributed by atoms with van der Waals surface area (Å²) in [6.07, 6.45) is 1.83. The van der Waals surface area contributed by atoms with Crippen molar-refractivity contribution in [2.24, 2.45) is 7.05 Å². The standard InChI is InChI=1S/C29H21N3O/c1-32-26-14-8-12-22(28(26)31-29(32)23-11-4-5-15-27(23)33)20-17-19-9-2-3-10-21(19)24(18-20)25-13-6-7-16-30-25/h2-18,33H,1H3. The summed E-state index contributed by atoms with van der Waals surface area (Å²) in [5.74, 6) is 0.960. The van der Waals surface area contributed by atoms with E-state index in [1.807, 2.05) is 54.2 Å². The third-order valence-corrected chi connectivity index (χ3v) is 6.17. The number of hydrogen-bond acceptors (Lipinski definition) is 3. The first-order valence-corrected chi connectivity index (χ1v) is 10.9. The number of aromatic hydroxyl groups is 1. The van der Waals surface area contributed by atoms with Crippen LogP contribution in [0.25, 0.3) is 55.6 Å². The lowest BCUT2D eigenvalue weighted by Crippen LogP contribution is -1.92. The second-order valence-corrected chi connectivity index (χ2v) is 8.14. The van der Waals surface area contributed by atoms with Gasteiger partial charge in [0.25, 0.3) is 0 Å². The van der Waals surface area contributed by atoms with Gasteiger partial charge < -0.3 is 9.67 Å². The van der Waals surface area contributed by atoms with Gasteiger partial charge in [-0.05, 0) is 58.8 Å². The van der Waals surface area contributed by atoms with Crippen molar-refractivity contribution in [3.05, 3.63) is 103 Å². The lowest BCUT2D eigenvalue weighted by molar-refractivity contribution is 0.476. The van der Waals surface area contributed by atoms with Gasteiger partial charge in [0.1, 0.15) is 11.6 Å². The number of fused-ring (bicyclic) bond motifs is 2. The van der Waals surface area contributed by atoms with Gasteiger partial charge in [-0.2, -0.15) is 0 Å². The van der Waals surface area contributed by atoms with Gasteiger partial charge in [-0.1, -0.05) is 54.6 Å². The molecule has 2 heterocycles. The Morgan fingerprint density at radius 3 is 2.36 bits per heavy atom. The number of nitrogens with zero attached hydrogens (tertiary/aromatic N) is 3. The number of rotatable bonds is 3. The minimum Gasteiger partial charge on any atom is -0.507 e. The molecule has 6 aromatic rings. The number of para-hydroxylation sites is 2. The predicted molar refractivity (Wildman–Crippen MR) is 134 cm³/mol. The summed E-state index contributed by atoms with van der Waals surface area (Å²) in [7, 11) is 1.99. The van der Waals surface area contributed by atoms with E-state index in [1.165, 1.54) is 5.39 Å². The second-order valence-electron chi connectivity index (χ2n) is 8.14. The molecule has 0 bridgehead atoms. The molecule has 0 saturated carbocycles. The molecule has 0 fully saturated rings. The van der Waals surface area contributed by atoms with Gasteiger partial charge in [0.05, 0.1) is 22.3 Å². The highest BCUT2D eigenvalue weighted by Gasteiger charge is 2.17. The maximum absolute atomic E-state index is 10.4.